The molecule has 5 nitrogen and oxygen atoms in total. The number of nitriles is 1. The predicted octanol–water partition coefficient (Wildman–Crippen LogP) is 1.13. The molecule has 0 saturated carbocycles. The quantitative estimate of drug-likeness (QED) is 0.691. The van der Waals surface area contributed by atoms with E-state index >= 15 is 0 Å². The lowest BCUT2D eigenvalue weighted by atomic mass is 10.2. The molecule has 0 saturated heterocycles. The van der Waals surface area contributed by atoms with Gasteiger partial charge >= 0.3 is 0 Å². The molecule has 1 unspecified atom stereocenters. The van der Waals surface area contributed by atoms with Gasteiger partial charge in [0.2, 0.25) is 0 Å². The molecule has 1 rings (SSSR count). The second-order valence-electron chi connectivity index (χ2n) is 3.91. The van der Waals surface area contributed by atoms with Crippen molar-refractivity contribution in [1.82, 2.24) is 0 Å². The molecular weight excluding hydrogens is 251 g/mol. The zero-order valence-electron chi connectivity index (χ0n) is 10.7. The van der Waals surface area contributed by atoms with E-state index in [1.54, 1.807) is 7.11 Å². The summed E-state index contributed by atoms with van der Waals surface area (Å²) >= 11 is 0. The summed E-state index contributed by atoms with van der Waals surface area (Å²) in [6.45, 7) is 1.17. The smallest absolute Gasteiger partial charge is 0.147 e. The molecule has 0 fully saturated rings. The molecule has 0 bridgehead atoms. The maximum atomic E-state index is 13.5. The van der Waals surface area contributed by atoms with Gasteiger partial charge in [-0.05, 0) is 18.2 Å². The van der Waals surface area contributed by atoms with Gasteiger partial charge in [-0.25, -0.2) is 4.39 Å². The lowest BCUT2D eigenvalue weighted by Crippen LogP contribution is -2.25. The largest absolute Gasteiger partial charge is 0.389 e. The van der Waals surface area contributed by atoms with Crippen LogP contribution in [-0.2, 0) is 9.47 Å². The molecule has 1 aromatic carbocycles. The number of nitrogens with one attached hydrogen (secondary N) is 1. The van der Waals surface area contributed by atoms with Crippen molar-refractivity contribution < 1.29 is 19.0 Å². The summed E-state index contributed by atoms with van der Waals surface area (Å²) in [4.78, 5) is 0. The van der Waals surface area contributed by atoms with E-state index < -0.39 is 11.9 Å². The number of hydrogen-bond donors (Lipinski definition) is 2. The maximum Gasteiger partial charge on any atom is 0.147 e. The molecule has 0 radical (unpaired) electrons. The van der Waals surface area contributed by atoms with Gasteiger partial charge in [-0.15, -0.1) is 0 Å². The van der Waals surface area contributed by atoms with Gasteiger partial charge < -0.3 is 19.9 Å². The molecule has 1 aromatic rings. The van der Waals surface area contributed by atoms with Crippen molar-refractivity contribution in [2.75, 3.05) is 38.8 Å². The highest BCUT2D eigenvalue weighted by Gasteiger charge is 2.07. The van der Waals surface area contributed by atoms with Gasteiger partial charge in [0, 0.05) is 13.7 Å². The summed E-state index contributed by atoms with van der Waals surface area (Å²) < 4.78 is 23.4. The Morgan fingerprint density at radius 3 is 2.89 bits per heavy atom. The average molecular weight is 268 g/mol. The molecule has 2 N–H and O–H groups in total. The van der Waals surface area contributed by atoms with Crippen LogP contribution in [0.15, 0.2) is 18.2 Å². The molecule has 0 spiro atoms. The highest BCUT2D eigenvalue weighted by atomic mass is 19.1. The zero-order chi connectivity index (χ0) is 14.1. The number of hydrogen-bond acceptors (Lipinski definition) is 5. The van der Waals surface area contributed by atoms with E-state index in [0.29, 0.717) is 13.2 Å². The topological polar surface area (TPSA) is 74.5 Å². The van der Waals surface area contributed by atoms with E-state index in [9.17, 15) is 9.50 Å². The number of anilines is 1. The Morgan fingerprint density at radius 1 is 1.47 bits per heavy atom. The lowest BCUT2D eigenvalue weighted by Gasteiger charge is -2.13. The molecule has 0 aliphatic heterocycles. The predicted molar refractivity (Wildman–Crippen MR) is 68.3 cm³/mol. The maximum absolute atomic E-state index is 13.5. The fraction of sp³-hybridized carbons (Fsp3) is 0.462. The molecule has 0 amide bonds. The molecule has 0 heterocycles. The number of ether oxygens (including phenoxy) is 2. The lowest BCUT2D eigenvalue weighted by molar-refractivity contribution is 0.0182. The Kier molecular flexibility index (Phi) is 6.82. The Morgan fingerprint density at radius 2 is 2.26 bits per heavy atom. The second-order valence-corrected chi connectivity index (χ2v) is 3.91. The first-order valence-corrected chi connectivity index (χ1v) is 5.85. The number of halogens is 1. The standard InChI is InChI=1S/C13H17FN2O3/c1-18-4-5-19-9-11(17)8-16-13-3-2-10(7-15)6-12(13)14/h2-3,6,11,16-17H,4-5,8-9H2,1H3. The third-order valence-electron chi connectivity index (χ3n) is 2.37. The van der Waals surface area contributed by atoms with Crippen LogP contribution in [-0.4, -0.2) is 44.7 Å². The van der Waals surface area contributed by atoms with Crippen molar-refractivity contribution in [3.05, 3.63) is 29.6 Å². The summed E-state index contributed by atoms with van der Waals surface area (Å²) in [7, 11) is 1.56. The van der Waals surface area contributed by atoms with E-state index in [0.717, 1.165) is 6.07 Å². The van der Waals surface area contributed by atoms with Crippen LogP contribution < -0.4 is 5.32 Å². The third-order valence-corrected chi connectivity index (χ3v) is 2.37. The van der Waals surface area contributed by atoms with Gasteiger partial charge in [0.15, 0.2) is 0 Å². The average Bonchev–Trinajstić information content (AvgIpc) is 2.42. The van der Waals surface area contributed by atoms with Crippen LogP contribution in [0.25, 0.3) is 0 Å². The minimum absolute atomic E-state index is 0.147. The SMILES string of the molecule is COCCOCC(O)CNc1ccc(C#N)cc1F. The van der Waals surface area contributed by atoms with Gasteiger partial charge in [0.1, 0.15) is 5.82 Å². The number of nitrogens with zero attached hydrogens (tertiary/aromatic N) is 1. The molecule has 1 atom stereocenters. The Bertz CT molecular complexity index is 434. The first-order valence-electron chi connectivity index (χ1n) is 5.85. The summed E-state index contributed by atoms with van der Waals surface area (Å²) in [5.74, 6) is -0.522. The minimum Gasteiger partial charge on any atom is -0.389 e. The molecule has 19 heavy (non-hydrogen) atoms. The van der Waals surface area contributed by atoms with Gasteiger partial charge in [-0.2, -0.15) is 5.26 Å². The van der Waals surface area contributed by atoms with E-state index in [4.69, 9.17) is 14.7 Å². The van der Waals surface area contributed by atoms with E-state index in [1.165, 1.54) is 12.1 Å². The van der Waals surface area contributed by atoms with Crippen LogP contribution in [0.2, 0.25) is 0 Å². The Hall–Kier alpha value is -1.68. The number of aliphatic hydroxyl groups is 1. The second kappa shape index (κ2) is 8.43. The first-order chi connectivity index (χ1) is 9.17. The van der Waals surface area contributed by atoms with Gasteiger partial charge in [0.05, 0.1) is 43.2 Å². The molecule has 0 aliphatic rings. The van der Waals surface area contributed by atoms with Crippen molar-refractivity contribution in [2.45, 2.75) is 6.10 Å². The normalized spacial score (nSPS) is 11.9. The summed E-state index contributed by atoms with van der Waals surface area (Å²) in [6.07, 6.45) is -0.744. The molecule has 0 aliphatic carbocycles. The van der Waals surface area contributed by atoms with Crippen LogP contribution >= 0.6 is 0 Å². The van der Waals surface area contributed by atoms with Crippen molar-refractivity contribution in [1.29, 1.82) is 5.26 Å². The van der Waals surface area contributed by atoms with Crippen LogP contribution in [0.5, 0.6) is 0 Å². The van der Waals surface area contributed by atoms with Crippen molar-refractivity contribution in [2.24, 2.45) is 0 Å². The summed E-state index contributed by atoms with van der Waals surface area (Å²) in [5, 5.41) is 21.0. The summed E-state index contributed by atoms with van der Waals surface area (Å²) in [6, 6.07) is 5.96. The third kappa shape index (κ3) is 5.66. The molecule has 104 valence electrons. The zero-order valence-corrected chi connectivity index (χ0v) is 10.7. The van der Waals surface area contributed by atoms with Gasteiger partial charge in [0.25, 0.3) is 0 Å². The van der Waals surface area contributed by atoms with Crippen molar-refractivity contribution in [3.63, 3.8) is 0 Å². The highest BCUT2D eigenvalue weighted by molar-refractivity contribution is 5.48. The van der Waals surface area contributed by atoms with Gasteiger partial charge in [-0.3, -0.25) is 0 Å². The monoisotopic (exact) mass is 268 g/mol. The van der Waals surface area contributed by atoms with E-state index in [1.807, 2.05) is 6.07 Å². The highest BCUT2D eigenvalue weighted by Crippen LogP contribution is 2.15. The van der Waals surface area contributed by atoms with Crippen molar-refractivity contribution >= 4 is 5.69 Å². The van der Waals surface area contributed by atoms with Gasteiger partial charge in [-0.1, -0.05) is 0 Å². The minimum atomic E-state index is -0.744. The molecular formula is C13H17FN2O3. The van der Waals surface area contributed by atoms with E-state index in [2.05, 4.69) is 5.32 Å². The number of rotatable bonds is 8. The van der Waals surface area contributed by atoms with Crippen LogP contribution in [0, 0.1) is 17.1 Å². The van der Waals surface area contributed by atoms with Crippen LogP contribution in [0.4, 0.5) is 10.1 Å². The summed E-state index contributed by atoms with van der Waals surface area (Å²) in [5.41, 5.74) is 0.501. The van der Waals surface area contributed by atoms with Crippen LogP contribution in [0.1, 0.15) is 5.56 Å². The number of methoxy groups -OCH3 is 1. The van der Waals surface area contributed by atoms with Crippen molar-refractivity contribution in [3.8, 4) is 6.07 Å². The number of aliphatic hydroxyl groups excluding tert-OH is 1. The molecule has 6 heteroatoms. The molecule has 0 aromatic heterocycles. The first kappa shape index (κ1) is 15.4. The Labute approximate surface area is 111 Å². The fourth-order valence-electron chi connectivity index (χ4n) is 1.38. The fourth-order valence-corrected chi connectivity index (χ4v) is 1.38. The number of benzene rings is 1. The van der Waals surface area contributed by atoms with E-state index in [-0.39, 0.29) is 24.4 Å². The Balaban J connectivity index is 2.34. The van der Waals surface area contributed by atoms with Crippen LogP contribution in [0.3, 0.4) is 0 Å².